The number of ether oxygens (including phenoxy) is 1. The summed E-state index contributed by atoms with van der Waals surface area (Å²) < 4.78 is 21.4. The summed E-state index contributed by atoms with van der Waals surface area (Å²) in [4.78, 5) is 34.4. The molecule has 0 aliphatic carbocycles. The molecule has 16 heteroatoms. The number of nitrogens with zero attached hydrogens (tertiary/aromatic N) is 8. The highest BCUT2D eigenvalue weighted by Crippen LogP contribution is 2.37. The maximum Gasteiger partial charge on any atom is 0.434 e. The largest absolute Gasteiger partial charge is 0.482 e. The number of likely N-dealkylation sites (tertiary alicyclic amines) is 1. The molecular weight excluding hydrogens is 592 g/mol. The molecule has 4 heterocycles. The van der Waals surface area contributed by atoms with E-state index in [1.54, 1.807) is 35.1 Å². The third-order valence-corrected chi connectivity index (χ3v) is 7.76. The van der Waals surface area contributed by atoms with E-state index in [1.807, 2.05) is 0 Å². The van der Waals surface area contributed by atoms with Crippen molar-refractivity contribution in [1.82, 2.24) is 34.4 Å². The van der Waals surface area contributed by atoms with Crippen molar-refractivity contribution in [2.75, 3.05) is 18.8 Å². The number of halogens is 3. The van der Waals surface area contributed by atoms with Crippen LogP contribution < -0.4 is 10.5 Å². The average molecular weight is 618 g/mol. The van der Waals surface area contributed by atoms with Gasteiger partial charge in [-0.15, -0.1) is 0 Å². The van der Waals surface area contributed by atoms with Crippen molar-refractivity contribution in [3.8, 4) is 17.0 Å². The van der Waals surface area contributed by atoms with Crippen LogP contribution in [0.25, 0.3) is 11.3 Å². The minimum atomic E-state index is -0.723. The van der Waals surface area contributed by atoms with E-state index >= 15 is 0 Å². The monoisotopic (exact) mass is 617 g/mol. The van der Waals surface area contributed by atoms with Crippen LogP contribution in [0.3, 0.4) is 0 Å². The van der Waals surface area contributed by atoms with Crippen molar-refractivity contribution in [3.63, 3.8) is 0 Å². The van der Waals surface area contributed by atoms with E-state index in [0.717, 1.165) is 0 Å². The molecule has 220 valence electrons. The molecule has 0 unspecified atom stereocenters. The number of aromatic nitrogens is 6. The van der Waals surface area contributed by atoms with E-state index < -0.39 is 16.8 Å². The van der Waals surface area contributed by atoms with E-state index in [-0.39, 0.29) is 52.5 Å². The van der Waals surface area contributed by atoms with Crippen LogP contribution in [-0.4, -0.2) is 58.3 Å². The molecule has 4 aromatic rings. The Bertz CT molecular complexity index is 1620. The van der Waals surface area contributed by atoms with Gasteiger partial charge in [0.15, 0.2) is 11.6 Å². The molecule has 1 amide bonds. The van der Waals surface area contributed by atoms with Crippen LogP contribution in [0.4, 0.5) is 16.2 Å². The second kappa shape index (κ2) is 12.3. The standard InChI is InChI=1S/C26H26Cl2FN9O4/c1-15(23-18(27)2-3-19(29)24(23)28)42-21-12-16(13-32-25(21)30)20-14-33-37(34-20)17-4-8-35(9-5-17)22(39)6-10-36-11-7-31-26(36)38(40)41/h2-3,7,11-15,17H,4-6,8-10H2,1H3,(H2,30,32)/t15-/m1/s1. The average Bonchev–Trinajstić information content (AvgIpc) is 3.66. The molecule has 2 N–H and O–H groups in total. The maximum atomic E-state index is 14.0. The number of hydrogen-bond acceptors (Lipinski definition) is 9. The van der Waals surface area contributed by atoms with Gasteiger partial charge in [-0.1, -0.05) is 28.2 Å². The number of anilines is 1. The number of nitrogen functional groups attached to an aromatic ring is 1. The van der Waals surface area contributed by atoms with Gasteiger partial charge in [0, 0.05) is 35.4 Å². The zero-order valence-corrected chi connectivity index (χ0v) is 23.9. The second-order valence-electron chi connectivity index (χ2n) is 9.71. The fourth-order valence-corrected chi connectivity index (χ4v) is 5.48. The summed E-state index contributed by atoms with van der Waals surface area (Å²) in [5.41, 5.74) is 7.49. The number of carbonyl (C=O) groups excluding carboxylic acids is 1. The first-order valence-electron chi connectivity index (χ1n) is 13.0. The Kier molecular flexibility index (Phi) is 8.54. The Morgan fingerprint density at radius 1 is 1.26 bits per heavy atom. The van der Waals surface area contributed by atoms with Crippen molar-refractivity contribution in [2.45, 2.75) is 44.9 Å². The summed E-state index contributed by atoms with van der Waals surface area (Å²) in [6.07, 6.45) is 6.69. The van der Waals surface area contributed by atoms with Gasteiger partial charge in [0.2, 0.25) is 5.91 Å². The smallest absolute Gasteiger partial charge is 0.434 e. The minimum absolute atomic E-state index is 0.0210. The Balaban J connectivity index is 1.20. The minimum Gasteiger partial charge on any atom is -0.482 e. The fourth-order valence-electron chi connectivity index (χ4n) is 4.81. The first kappa shape index (κ1) is 29.2. The third kappa shape index (κ3) is 6.14. The molecule has 1 saturated heterocycles. The molecule has 3 aromatic heterocycles. The Hall–Kier alpha value is -4.30. The summed E-state index contributed by atoms with van der Waals surface area (Å²) in [5.74, 6) is -0.605. The molecule has 1 atom stereocenters. The zero-order valence-electron chi connectivity index (χ0n) is 22.4. The van der Waals surface area contributed by atoms with Gasteiger partial charge in [-0.25, -0.2) is 13.9 Å². The number of amides is 1. The van der Waals surface area contributed by atoms with Gasteiger partial charge in [-0.05, 0) is 42.9 Å². The van der Waals surface area contributed by atoms with E-state index in [0.29, 0.717) is 42.8 Å². The predicted octanol–water partition coefficient (Wildman–Crippen LogP) is 4.87. The molecule has 0 spiro atoms. The van der Waals surface area contributed by atoms with Crippen LogP contribution in [0.15, 0.2) is 43.0 Å². The first-order valence-corrected chi connectivity index (χ1v) is 13.8. The Morgan fingerprint density at radius 3 is 2.76 bits per heavy atom. The number of benzene rings is 1. The highest BCUT2D eigenvalue weighted by molar-refractivity contribution is 6.36. The normalized spacial score (nSPS) is 14.6. The molecule has 42 heavy (non-hydrogen) atoms. The van der Waals surface area contributed by atoms with E-state index in [9.17, 15) is 19.3 Å². The molecule has 0 saturated carbocycles. The van der Waals surface area contributed by atoms with Crippen molar-refractivity contribution < 1.29 is 18.8 Å². The van der Waals surface area contributed by atoms with Crippen molar-refractivity contribution in [2.24, 2.45) is 0 Å². The van der Waals surface area contributed by atoms with Crippen molar-refractivity contribution in [1.29, 1.82) is 0 Å². The van der Waals surface area contributed by atoms with Gasteiger partial charge in [0.25, 0.3) is 0 Å². The lowest BCUT2D eigenvalue weighted by Gasteiger charge is -2.31. The number of nitrogens with two attached hydrogens (primary N) is 1. The van der Waals surface area contributed by atoms with E-state index in [4.69, 9.17) is 33.7 Å². The lowest BCUT2D eigenvalue weighted by Crippen LogP contribution is -2.39. The predicted molar refractivity (Wildman–Crippen MR) is 151 cm³/mol. The molecule has 1 fully saturated rings. The number of aryl methyl sites for hydroxylation is 1. The van der Waals surface area contributed by atoms with Crippen molar-refractivity contribution in [3.05, 3.63) is 74.5 Å². The van der Waals surface area contributed by atoms with Gasteiger partial charge in [0.1, 0.15) is 30.0 Å². The molecule has 1 aliphatic rings. The van der Waals surface area contributed by atoms with Crippen LogP contribution in [0.5, 0.6) is 5.75 Å². The number of carbonyl (C=O) groups is 1. The van der Waals surface area contributed by atoms with Gasteiger partial charge in [-0.3, -0.25) is 4.79 Å². The number of imidazole rings is 1. The number of rotatable bonds is 9. The summed E-state index contributed by atoms with van der Waals surface area (Å²) in [6, 6.07) is 4.23. The number of nitro groups is 1. The summed E-state index contributed by atoms with van der Waals surface area (Å²) in [6.45, 7) is 2.88. The van der Waals surface area contributed by atoms with Gasteiger partial charge < -0.3 is 25.5 Å². The summed E-state index contributed by atoms with van der Waals surface area (Å²) >= 11 is 12.4. The zero-order chi connectivity index (χ0) is 30.0. The molecular formula is C26H26Cl2FN9O4. The van der Waals surface area contributed by atoms with Gasteiger partial charge in [0.05, 0.1) is 30.2 Å². The highest BCUT2D eigenvalue weighted by Gasteiger charge is 2.26. The summed E-state index contributed by atoms with van der Waals surface area (Å²) in [5, 5.41) is 20.2. The van der Waals surface area contributed by atoms with E-state index in [2.05, 4.69) is 20.2 Å². The Morgan fingerprint density at radius 2 is 2.02 bits per heavy atom. The van der Waals surface area contributed by atoms with Crippen LogP contribution in [0, 0.1) is 15.9 Å². The lowest BCUT2D eigenvalue weighted by atomic mass is 10.1. The molecule has 1 aromatic carbocycles. The molecule has 0 bridgehead atoms. The SMILES string of the molecule is C[C@@H](Oc1cc(-c2cnn(C3CCN(C(=O)CCn4ccnc4[N+](=O)[O-])CC3)n2)cnc1N)c1c(Cl)ccc(F)c1Cl. The fraction of sp³-hybridized carbons (Fsp3) is 0.346. The number of piperidine rings is 1. The van der Waals surface area contributed by atoms with Crippen LogP contribution >= 0.6 is 23.2 Å². The molecule has 1 aliphatic heterocycles. The molecule has 5 rings (SSSR count). The topological polar surface area (TPSA) is 160 Å². The van der Waals surface area contributed by atoms with E-state index in [1.165, 1.54) is 29.1 Å². The van der Waals surface area contributed by atoms with Gasteiger partial charge >= 0.3 is 5.95 Å². The first-order chi connectivity index (χ1) is 20.1. The lowest BCUT2D eigenvalue weighted by molar-refractivity contribution is -0.396. The maximum absolute atomic E-state index is 14.0. The molecule has 13 nitrogen and oxygen atoms in total. The second-order valence-corrected chi connectivity index (χ2v) is 10.5. The quantitative estimate of drug-likeness (QED) is 0.157. The highest BCUT2D eigenvalue weighted by atomic mass is 35.5. The van der Waals surface area contributed by atoms with Crippen LogP contribution in [-0.2, 0) is 11.3 Å². The molecule has 0 radical (unpaired) electrons. The number of pyridine rings is 1. The van der Waals surface area contributed by atoms with Crippen molar-refractivity contribution >= 4 is 40.9 Å². The number of hydrogen-bond donors (Lipinski definition) is 1. The van der Waals surface area contributed by atoms with Crippen LogP contribution in [0.2, 0.25) is 10.0 Å². The Labute approximate surface area is 249 Å². The summed E-state index contributed by atoms with van der Waals surface area (Å²) in [7, 11) is 0. The van der Waals surface area contributed by atoms with Crippen LogP contribution in [0.1, 0.15) is 43.9 Å². The van der Waals surface area contributed by atoms with Gasteiger partial charge in [-0.2, -0.15) is 15.0 Å². The third-order valence-electron chi connectivity index (χ3n) is 7.04.